The zero-order valence-electron chi connectivity index (χ0n) is 27.0. The van der Waals surface area contributed by atoms with E-state index in [2.05, 4.69) is 26.0 Å². The zero-order chi connectivity index (χ0) is 28.9. The van der Waals surface area contributed by atoms with Gasteiger partial charge in [0.25, 0.3) is 0 Å². The molecule has 0 aromatic heterocycles. The van der Waals surface area contributed by atoms with Crippen LogP contribution >= 0.6 is 0 Å². The molecule has 0 fully saturated rings. The molecule has 2 aromatic rings. The molecule has 2 aromatic carbocycles. The molecule has 0 spiro atoms. The van der Waals surface area contributed by atoms with Crippen molar-refractivity contribution in [1.29, 1.82) is 0 Å². The minimum atomic E-state index is -4.45. The fraction of sp³-hybridized carbons (Fsp3) is 0.722. The molecule has 0 saturated carbocycles. The van der Waals surface area contributed by atoms with Gasteiger partial charge in [0.2, 0.25) is 0 Å². The van der Waals surface area contributed by atoms with E-state index in [9.17, 15) is 13.0 Å². The fourth-order valence-corrected chi connectivity index (χ4v) is 6.48. The van der Waals surface area contributed by atoms with Crippen molar-refractivity contribution in [3.8, 4) is 0 Å². The summed E-state index contributed by atoms with van der Waals surface area (Å²) in [6.45, 7) is 4.54. The van der Waals surface area contributed by atoms with E-state index < -0.39 is 10.1 Å². The molecular formula is C36H59NaO3S. The minimum absolute atomic E-state index is 0. The minimum Gasteiger partial charge on any atom is -0.744 e. The maximum absolute atomic E-state index is 11.7. The van der Waals surface area contributed by atoms with Crippen molar-refractivity contribution >= 4 is 20.9 Å². The number of aryl methyl sites for hydroxylation is 2. The van der Waals surface area contributed by atoms with Crippen LogP contribution in [0.5, 0.6) is 0 Å². The number of unbranched alkanes of at least 4 members (excludes halogenated alkanes) is 20. The van der Waals surface area contributed by atoms with Crippen molar-refractivity contribution in [2.45, 2.75) is 173 Å². The number of rotatable bonds is 25. The molecule has 0 N–H and O–H groups in total. The SMILES string of the molecule is CCCCCCCCCCCCCc1cc(CCCCCCCCCCCCC)c2ccc(S(=O)(=O)[O-])cc2c1.[Na+]. The van der Waals surface area contributed by atoms with E-state index in [0.717, 1.165) is 30.0 Å². The van der Waals surface area contributed by atoms with Gasteiger partial charge in [-0.2, -0.15) is 0 Å². The van der Waals surface area contributed by atoms with E-state index in [4.69, 9.17) is 0 Å². The number of benzene rings is 2. The predicted octanol–water partition coefficient (Wildman–Crippen LogP) is 8.45. The van der Waals surface area contributed by atoms with Crippen LogP contribution in [-0.4, -0.2) is 13.0 Å². The van der Waals surface area contributed by atoms with Crippen LogP contribution in [0.1, 0.15) is 166 Å². The van der Waals surface area contributed by atoms with Gasteiger partial charge in [-0.05, 0) is 59.7 Å². The summed E-state index contributed by atoms with van der Waals surface area (Å²) in [4.78, 5) is -0.118. The van der Waals surface area contributed by atoms with Crippen molar-refractivity contribution in [2.75, 3.05) is 0 Å². The Morgan fingerprint density at radius 1 is 0.537 bits per heavy atom. The Bertz CT molecular complexity index is 1030. The molecule has 0 heterocycles. The van der Waals surface area contributed by atoms with E-state index in [1.165, 1.54) is 152 Å². The third-order valence-electron chi connectivity index (χ3n) is 8.48. The second-order valence-corrected chi connectivity index (χ2v) is 13.5. The molecule has 2 rings (SSSR count). The fourth-order valence-electron chi connectivity index (χ4n) is 5.98. The third kappa shape index (κ3) is 17.5. The first-order valence-electron chi connectivity index (χ1n) is 17.0. The van der Waals surface area contributed by atoms with Gasteiger partial charge >= 0.3 is 29.6 Å². The van der Waals surface area contributed by atoms with Crippen molar-refractivity contribution in [2.24, 2.45) is 0 Å². The Labute approximate surface area is 276 Å². The Kier molecular flexibility index (Phi) is 22.6. The summed E-state index contributed by atoms with van der Waals surface area (Å²) >= 11 is 0. The number of hydrogen-bond acceptors (Lipinski definition) is 3. The van der Waals surface area contributed by atoms with Crippen molar-refractivity contribution in [3.05, 3.63) is 41.5 Å². The summed E-state index contributed by atoms with van der Waals surface area (Å²) < 4.78 is 35.0. The maximum atomic E-state index is 11.7. The van der Waals surface area contributed by atoms with Gasteiger partial charge in [0, 0.05) is 0 Å². The molecule has 0 bridgehead atoms. The molecule has 3 nitrogen and oxygen atoms in total. The van der Waals surface area contributed by atoms with Crippen LogP contribution in [0.15, 0.2) is 35.2 Å². The van der Waals surface area contributed by atoms with Gasteiger partial charge in [0.05, 0.1) is 4.90 Å². The molecule has 5 heteroatoms. The molecule has 0 radical (unpaired) electrons. The average molecular weight is 595 g/mol. The normalized spacial score (nSPS) is 11.7. The molecule has 0 saturated heterocycles. The van der Waals surface area contributed by atoms with Gasteiger partial charge in [-0.3, -0.25) is 0 Å². The molecule has 228 valence electrons. The predicted molar refractivity (Wildman–Crippen MR) is 172 cm³/mol. The molecular weight excluding hydrogens is 535 g/mol. The summed E-state index contributed by atoms with van der Waals surface area (Å²) in [7, 11) is -4.45. The summed E-state index contributed by atoms with van der Waals surface area (Å²) in [6.07, 6.45) is 31.3. The monoisotopic (exact) mass is 594 g/mol. The van der Waals surface area contributed by atoms with Crippen molar-refractivity contribution in [1.82, 2.24) is 0 Å². The Balaban J connectivity index is 0.00000840. The number of hydrogen-bond donors (Lipinski definition) is 0. The third-order valence-corrected chi connectivity index (χ3v) is 9.31. The summed E-state index contributed by atoms with van der Waals surface area (Å²) in [5, 5.41) is 2.00. The first-order chi connectivity index (χ1) is 19.5. The van der Waals surface area contributed by atoms with Crippen molar-refractivity contribution in [3.63, 3.8) is 0 Å². The molecule has 0 aliphatic carbocycles. The molecule has 0 unspecified atom stereocenters. The second-order valence-electron chi connectivity index (χ2n) is 12.2. The van der Waals surface area contributed by atoms with Gasteiger partial charge in [-0.1, -0.05) is 160 Å². The van der Waals surface area contributed by atoms with Crippen LogP contribution in [-0.2, 0) is 23.0 Å². The maximum Gasteiger partial charge on any atom is 1.00 e. The number of fused-ring (bicyclic) bond motifs is 1. The molecule has 0 atom stereocenters. The van der Waals surface area contributed by atoms with Crippen LogP contribution in [0.3, 0.4) is 0 Å². The van der Waals surface area contributed by atoms with Gasteiger partial charge < -0.3 is 4.55 Å². The molecule has 0 aliphatic rings. The largest absolute Gasteiger partial charge is 1.00 e. The van der Waals surface area contributed by atoms with E-state index >= 15 is 0 Å². The summed E-state index contributed by atoms with van der Waals surface area (Å²) in [5.74, 6) is 0. The van der Waals surface area contributed by atoms with E-state index in [1.807, 2.05) is 6.07 Å². The molecule has 0 amide bonds. The van der Waals surface area contributed by atoms with Gasteiger partial charge in [0.1, 0.15) is 10.1 Å². The van der Waals surface area contributed by atoms with Gasteiger partial charge in [-0.15, -0.1) is 0 Å². The van der Waals surface area contributed by atoms with Crippen LogP contribution in [0.2, 0.25) is 0 Å². The van der Waals surface area contributed by atoms with Gasteiger partial charge in [-0.25, -0.2) is 8.42 Å². The Morgan fingerprint density at radius 3 is 1.39 bits per heavy atom. The van der Waals surface area contributed by atoms with Gasteiger partial charge in [0.15, 0.2) is 0 Å². The van der Waals surface area contributed by atoms with Crippen LogP contribution in [0.4, 0.5) is 0 Å². The molecule has 41 heavy (non-hydrogen) atoms. The standard InChI is InChI=1S/C36H60O3S.Na/c1-3-5-7-9-11-13-15-17-19-21-23-25-32-29-33(26-24-22-20-18-16-14-12-10-8-6-4-2)36-28-27-35(40(37,38)39)31-34(36)30-32;/h27-31H,3-26H2,1-2H3,(H,37,38,39);/q;+1/p-1. The summed E-state index contributed by atoms with van der Waals surface area (Å²) in [5.41, 5.74) is 2.59. The van der Waals surface area contributed by atoms with Crippen LogP contribution in [0.25, 0.3) is 10.8 Å². The zero-order valence-corrected chi connectivity index (χ0v) is 29.8. The van der Waals surface area contributed by atoms with E-state index in [-0.39, 0.29) is 34.5 Å². The van der Waals surface area contributed by atoms with E-state index in [1.54, 1.807) is 6.07 Å². The average Bonchev–Trinajstić information content (AvgIpc) is 2.93. The quantitative estimate of drug-likeness (QED) is 0.0658. The Morgan fingerprint density at radius 2 is 0.951 bits per heavy atom. The smallest absolute Gasteiger partial charge is 0.744 e. The van der Waals surface area contributed by atoms with Crippen LogP contribution in [0, 0.1) is 0 Å². The second kappa shape index (κ2) is 24.0. The Hall–Kier alpha value is -0.390. The molecule has 0 aliphatic heterocycles. The summed E-state index contributed by atoms with van der Waals surface area (Å²) in [6, 6.07) is 9.38. The first-order valence-corrected chi connectivity index (χ1v) is 18.4. The first kappa shape index (κ1) is 38.6. The topological polar surface area (TPSA) is 57.2 Å². The van der Waals surface area contributed by atoms with Crippen LogP contribution < -0.4 is 29.6 Å². The van der Waals surface area contributed by atoms with Crippen molar-refractivity contribution < 1.29 is 42.5 Å². The van der Waals surface area contributed by atoms with E-state index in [0.29, 0.717) is 0 Å².